The van der Waals surface area contributed by atoms with Crippen LogP contribution in [0.2, 0.25) is 5.02 Å². The average molecular weight is 255 g/mol. The Balaban J connectivity index is 1.91. The third-order valence-electron chi connectivity index (χ3n) is 2.19. The van der Waals surface area contributed by atoms with Crippen molar-refractivity contribution in [2.45, 2.75) is 17.9 Å². The van der Waals surface area contributed by atoms with E-state index >= 15 is 0 Å². The van der Waals surface area contributed by atoms with Crippen molar-refractivity contribution in [1.29, 1.82) is 0 Å². The largest absolute Gasteiger partial charge is 0.312 e. The van der Waals surface area contributed by atoms with Gasteiger partial charge in [-0.2, -0.15) is 0 Å². The summed E-state index contributed by atoms with van der Waals surface area (Å²) in [4.78, 5) is 16.5. The summed E-state index contributed by atoms with van der Waals surface area (Å²) in [6.45, 7) is 1.79. The van der Waals surface area contributed by atoms with Gasteiger partial charge in [0, 0.05) is 9.92 Å². The molecular formula is C11H11ClN2OS. The van der Waals surface area contributed by atoms with Gasteiger partial charge in [-0.25, -0.2) is 0 Å². The Morgan fingerprint density at radius 1 is 1.44 bits per heavy atom. The van der Waals surface area contributed by atoms with Gasteiger partial charge in [0.2, 0.25) is 5.91 Å². The number of hydrogen-bond acceptors (Lipinski definition) is 3. The molecule has 1 aromatic carbocycles. The lowest BCUT2D eigenvalue weighted by molar-refractivity contribution is -0.119. The Morgan fingerprint density at radius 2 is 2.12 bits per heavy atom. The molecule has 0 aromatic heterocycles. The Kier molecular flexibility index (Phi) is 3.51. The lowest BCUT2D eigenvalue weighted by Crippen LogP contribution is -2.28. The molecule has 0 spiro atoms. The van der Waals surface area contributed by atoms with E-state index in [1.807, 2.05) is 24.3 Å². The molecule has 16 heavy (non-hydrogen) atoms. The lowest BCUT2D eigenvalue weighted by atomic mass is 10.4. The third kappa shape index (κ3) is 2.77. The van der Waals surface area contributed by atoms with E-state index in [-0.39, 0.29) is 11.9 Å². The standard InChI is InChI=1S/C11H11ClN2OS/c1-7-11(15)14-10(13-7)6-16-9-4-2-8(12)3-5-9/h2-5,7H,6H2,1H3,(H,13,14,15). The van der Waals surface area contributed by atoms with Crippen molar-refractivity contribution in [2.75, 3.05) is 5.75 Å². The van der Waals surface area contributed by atoms with Crippen LogP contribution in [0.15, 0.2) is 34.2 Å². The first-order valence-corrected chi connectivity index (χ1v) is 6.27. The number of aliphatic imine (C=N–C) groups is 1. The Hall–Kier alpha value is -1.00. The number of carbonyl (C=O) groups is 1. The summed E-state index contributed by atoms with van der Waals surface area (Å²) in [7, 11) is 0. The maximum atomic E-state index is 11.2. The smallest absolute Gasteiger partial charge is 0.249 e. The lowest BCUT2D eigenvalue weighted by Gasteiger charge is -2.01. The maximum absolute atomic E-state index is 11.2. The van der Waals surface area contributed by atoms with Gasteiger partial charge in [-0.05, 0) is 31.2 Å². The summed E-state index contributed by atoms with van der Waals surface area (Å²) < 4.78 is 0. The van der Waals surface area contributed by atoms with Crippen molar-refractivity contribution in [1.82, 2.24) is 5.32 Å². The summed E-state index contributed by atoms with van der Waals surface area (Å²) >= 11 is 7.41. The highest BCUT2D eigenvalue weighted by Crippen LogP contribution is 2.20. The van der Waals surface area contributed by atoms with Crippen molar-refractivity contribution < 1.29 is 4.79 Å². The summed E-state index contributed by atoms with van der Waals surface area (Å²) in [5.74, 6) is 1.40. The van der Waals surface area contributed by atoms with Gasteiger partial charge in [0.1, 0.15) is 11.9 Å². The van der Waals surface area contributed by atoms with E-state index in [2.05, 4.69) is 10.3 Å². The highest BCUT2D eigenvalue weighted by Gasteiger charge is 2.21. The van der Waals surface area contributed by atoms with E-state index in [4.69, 9.17) is 11.6 Å². The van der Waals surface area contributed by atoms with Crippen LogP contribution in [0.3, 0.4) is 0 Å². The molecule has 0 aliphatic carbocycles. The van der Waals surface area contributed by atoms with Crippen LogP contribution < -0.4 is 5.32 Å². The van der Waals surface area contributed by atoms with Crippen LogP contribution in [0.25, 0.3) is 0 Å². The normalized spacial score (nSPS) is 19.5. The summed E-state index contributed by atoms with van der Waals surface area (Å²) in [6, 6.07) is 7.35. The molecule has 1 heterocycles. The molecule has 1 N–H and O–H groups in total. The molecule has 3 nitrogen and oxygen atoms in total. The van der Waals surface area contributed by atoms with Crippen molar-refractivity contribution in [3.05, 3.63) is 29.3 Å². The van der Waals surface area contributed by atoms with Crippen LogP contribution >= 0.6 is 23.4 Å². The number of amides is 1. The van der Waals surface area contributed by atoms with Gasteiger partial charge in [-0.3, -0.25) is 9.79 Å². The van der Waals surface area contributed by atoms with E-state index < -0.39 is 0 Å². The Bertz CT molecular complexity index is 430. The molecule has 5 heteroatoms. The van der Waals surface area contributed by atoms with E-state index in [0.717, 1.165) is 15.8 Å². The zero-order chi connectivity index (χ0) is 11.5. The molecule has 1 aliphatic rings. The number of nitrogens with one attached hydrogen (secondary N) is 1. The molecule has 0 bridgehead atoms. The van der Waals surface area contributed by atoms with Gasteiger partial charge in [0.25, 0.3) is 0 Å². The van der Waals surface area contributed by atoms with Crippen LogP contribution in [0.4, 0.5) is 0 Å². The second-order valence-electron chi connectivity index (χ2n) is 3.48. The number of rotatable bonds is 3. The van der Waals surface area contributed by atoms with E-state index in [1.54, 1.807) is 18.7 Å². The Morgan fingerprint density at radius 3 is 2.69 bits per heavy atom. The van der Waals surface area contributed by atoms with Crippen molar-refractivity contribution in [3.63, 3.8) is 0 Å². The number of carbonyl (C=O) groups excluding carboxylic acids is 1. The topological polar surface area (TPSA) is 41.5 Å². The zero-order valence-corrected chi connectivity index (χ0v) is 10.3. The highest BCUT2D eigenvalue weighted by molar-refractivity contribution is 8.00. The fraction of sp³-hybridized carbons (Fsp3) is 0.273. The van der Waals surface area contributed by atoms with Crippen LogP contribution in [0, 0.1) is 0 Å². The average Bonchev–Trinajstić information content (AvgIpc) is 2.58. The van der Waals surface area contributed by atoms with Gasteiger partial charge >= 0.3 is 0 Å². The fourth-order valence-corrected chi connectivity index (χ4v) is 2.23. The third-order valence-corrected chi connectivity index (χ3v) is 3.46. The minimum absolute atomic E-state index is 0.0216. The quantitative estimate of drug-likeness (QED) is 0.842. The second kappa shape index (κ2) is 4.89. The molecule has 1 unspecified atom stereocenters. The second-order valence-corrected chi connectivity index (χ2v) is 4.97. The summed E-state index contributed by atoms with van der Waals surface area (Å²) in [5, 5.41) is 3.48. The molecule has 0 saturated heterocycles. The molecule has 1 atom stereocenters. The first-order valence-electron chi connectivity index (χ1n) is 4.91. The molecule has 0 saturated carbocycles. The van der Waals surface area contributed by atoms with Crippen LogP contribution in [0.5, 0.6) is 0 Å². The molecule has 1 aromatic rings. The molecule has 1 amide bonds. The first-order chi connectivity index (χ1) is 7.65. The molecule has 1 aliphatic heterocycles. The van der Waals surface area contributed by atoms with E-state index in [1.165, 1.54) is 0 Å². The van der Waals surface area contributed by atoms with Crippen LogP contribution in [-0.2, 0) is 4.79 Å². The SMILES string of the molecule is CC1N=C(CSc2ccc(Cl)cc2)NC1=O. The first kappa shape index (κ1) is 11.5. The van der Waals surface area contributed by atoms with Crippen molar-refractivity contribution in [3.8, 4) is 0 Å². The van der Waals surface area contributed by atoms with Gasteiger partial charge in [-0.1, -0.05) is 11.6 Å². The van der Waals surface area contributed by atoms with Crippen LogP contribution in [0.1, 0.15) is 6.92 Å². The fourth-order valence-electron chi connectivity index (χ4n) is 1.33. The van der Waals surface area contributed by atoms with Gasteiger partial charge in [-0.15, -0.1) is 11.8 Å². The van der Waals surface area contributed by atoms with Crippen molar-refractivity contribution in [2.24, 2.45) is 4.99 Å². The van der Waals surface area contributed by atoms with Gasteiger partial charge < -0.3 is 5.32 Å². The number of thioether (sulfide) groups is 1. The minimum Gasteiger partial charge on any atom is -0.312 e. The zero-order valence-electron chi connectivity index (χ0n) is 8.74. The number of amidine groups is 1. The molecule has 84 valence electrons. The maximum Gasteiger partial charge on any atom is 0.249 e. The van der Waals surface area contributed by atoms with Crippen molar-refractivity contribution >= 4 is 35.1 Å². The summed E-state index contributed by atoms with van der Waals surface area (Å²) in [6.07, 6.45) is 0. The minimum atomic E-state index is -0.249. The highest BCUT2D eigenvalue weighted by atomic mass is 35.5. The molecular weight excluding hydrogens is 244 g/mol. The number of halogens is 1. The summed E-state index contributed by atoms with van der Waals surface area (Å²) in [5.41, 5.74) is 0. The van der Waals surface area contributed by atoms with E-state index in [9.17, 15) is 4.79 Å². The number of nitrogens with zero attached hydrogens (tertiary/aromatic N) is 1. The predicted octanol–water partition coefficient (Wildman–Crippen LogP) is 2.35. The number of hydrogen-bond donors (Lipinski definition) is 1. The number of benzene rings is 1. The predicted molar refractivity (Wildman–Crippen MR) is 67.2 cm³/mol. The van der Waals surface area contributed by atoms with Gasteiger partial charge in [0.05, 0.1) is 5.75 Å². The Labute approximate surface area is 103 Å². The monoisotopic (exact) mass is 254 g/mol. The molecule has 2 rings (SSSR count). The van der Waals surface area contributed by atoms with Crippen LogP contribution in [-0.4, -0.2) is 23.5 Å². The molecule has 0 radical (unpaired) electrons. The van der Waals surface area contributed by atoms with E-state index in [0.29, 0.717) is 5.75 Å². The van der Waals surface area contributed by atoms with Gasteiger partial charge in [0.15, 0.2) is 0 Å². The molecule has 0 fully saturated rings.